The Labute approximate surface area is 138 Å². The van der Waals surface area contributed by atoms with E-state index in [0.717, 1.165) is 45.3 Å². The topological polar surface area (TPSA) is 75.8 Å². The van der Waals surface area contributed by atoms with Gasteiger partial charge in [-0.1, -0.05) is 0 Å². The van der Waals surface area contributed by atoms with Crippen LogP contribution in [0, 0.1) is 0 Å². The van der Waals surface area contributed by atoms with Gasteiger partial charge in [0, 0.05) is 11.6 Å². The molecule has 0 radical (unpaired) electrons. The van der Waals surface area contributed by atoms with Gasteiger partial charge in [-0.15, -0.1) is 0 Å². The first-order valence-corrected chi connectivity index (χ1v) is 7.51. The second-order valence-corrected chi connectivity index (χ2v) is 5.36. The number of imidazole rings is 1. The molecule has 0 aliphatic carbocycles. The number of hydrogen-bond acceptors (Lipinski definition) is 4. The van der Waals surface area contributed by atoms with Crippen molar-refractivity contribution in [3.63, 3.8) is 0 Å². The number of rotatable bonds is 4. The van der Waals surface area contributed by atoms with Crippen LogP contribution in [0.3, 0.4) is 0 Å². The molecule has 120 valence electrons. The minimum atomic E-state index is 0.741. The maximum Gasteiger partial charge on any atom is 0.156 e. The summed E-state index contributed by atoms with van der Waals surface area (Å²) in [5, 5.41) is 7.40. The van der Waals surface area contributed by atoms with E-state index in [1.807, 2.05) is 48.5 Å². The Hall–Kier alpha value is -3.28. The van der Waals surface area contributed by atoms with E-state index in [9.17, 15) is 0 Å². The van der Waals surface area contributed by atoms with Gasteiger partial charge in [0.2, 0.25) is 0 Å². The van der Waals surface area contributed by atoms with Gasteiger partial charge < -0.3 is 14.5 Å². The number of hydrogen-bond donors (Lipinski definition) is 2. The summed E-state index contributed by atoms with van der Waals surface area (Å²) >= 11 is 0. The highest BCUT2D eigenvalue weighted by atomic mass is 16.5. The third-order valence-corrected chi connectivity index (χ3v) is 3.91. The lowest BCUT2D eigenvalue weighted by molar-refractivity contribution is 0.415. The van der Waals surface area contributed by atoms with Gasteiger partial charge in [-0.25, -0.2) is 4.98 Å². The molecule has 0 saturated carbocycles. The molecule has 6 nitrogen and oxygen atoms in total. The van der Waals surface area contributed by atoms with E-state index in [1.54, 1.807) is 14.2 Å². The Morgan fingerprint density at radius 2 is 1.62 bits per heavy atom. The van der Waals surface area contributed by atoms with Crippen LogP contribution in [-0.2, 0) is 0 Å². The quantitative estimate of drug-likeness (QED) is 0.602. The summed E-state index contributed by atoms with van der Waals surface area (Å²) in [4.78, 5) is 7.88. The van der Waals surface area contributed by atoms with Crippen molar-refractivity contribution in [1.82, 2.24) is 20.2 Å². The Kier molecular flexibility index (Phi) is 3.42. The zero-order valence-electron chi connectivity index (χ0n) is 13.3. The van der Waals surface area contributed by atoms with E-state index >= 15 is 0 Å². The molecule has 0 unspecified atom stereocenters. The fraction of sp³-hybridized carbons (Fsp3) is 0.111. The number of aromatic nitrogens is 4. The summed E-state index contributed by atoms with van der Waals surface area (Å²) in [5.74, 6) is 2.35. The lowest BCUT2D eigenvalue weighted by Crippen LogP contribution is -1.82. The summed E-state index contributed by atoms with van der Waals surface area (Å²) < 4.78 is 10.4. The summed E-state index contributed by atoms with van der Waals surface area (Å²) in [6.45, 7) is 0. The fourth-order valence-corrected chi connectivity index (χ4v) is 2.60. The molecule has 6 heteroatoms. The number of methoxy groups -OCH3 is 2. The second kappa shape index (κ2) is 5.73. The molecule has 4 aromatic rings. The maximum absolute atomic E-state index is 5.24. The molecule has 0 fully saturated rings. The van der Waals surface area contributed by atoms with Gasteiger partial charge in [0.1, 0.15) is 17.2 Å². The minimum Gasteiger partial charge on any atom is -0.497 e. The molecule has 2 aromatic heterocycles. The van der Waals surface area contributed by atoms with Gasteiger partial charge in [-0.05, 0) is 42.5 Å². The predicted molar refractivity (Wildman–Crippen MR) is 92.2 cm³/mol. The number of aromatic amines is 2. The van der Waals surface area contributed by atoms with Crippen LogP contribution in [0.5, 0.6) is 11.5 Å². The number of fused-ring (bicyclic) bond motifs is 1. The molecule has 4 rings (SSSR count). The van der Waals surface area contributed by atoms with Crippen LogP contribution in [0.2, 0.25) is 0 Å². The lowest BCUT2D eigenvalue weighted by atomic mass is 10.1. The van der Waals surface area contributed by atoms with Crippen LogP contribution in [0.15, 0.2) is 48.5 Å². The minimum absolute atomic E-state index is 0.741. The summed E-state index contributed by atoms with van der Waals surface area (Å²) in [6.07, 6.45) is 0. The van der Waals surface area contributed by atoms with Gasteiger partial charge in [0.05, 0.1) is 30.9 Å². The molecule has 0 bridgehead atoms. The van der Waals surface area contributed by atoms with Crippen LogP contribution < -0.4 is 9.47 Å². The van der Waals surface area contributed by atoms with E-state index in [-0.39, 0.29) is 0 Å². The first-order chi connectivity index (χ1) is 11.8. The van der Waals surface area contributed by atoms with E-state index in [4.69, 9.17) is 9.47 Å². The second-order valence-electron chi connectivity index (χ2n) is 5.36. The molecule has 2 heterocycles. The van der Waals surface area contributed by atoms with Gasteiger partial charge in [-0.3, -0.25) is 5.10 Å². The zero-order valence-corrected chi connectivity index (χ0v) is 13.3. The molecular weight excluding hydrogens is 304 g/mol. The Morgan fingerprint density at radius 3 is 2.38 bits per heavy atom. The molecule has 0 saturated heterocycles. The van der Waals surface area contributed by atoms with Gasteiger partial charge in [0.25, 0.3) is 0 Å². The van der Waals surface area contributed by atoms with Gasteiger partial charge in [-0.2, -0.15) is 5.10 Å². The average molecular weight is 320 g/mol. The largest absolute Gasteiger partial charge is 0.497 e. The van der Waals surface area contributed by atoms with E-state index in [0.29, 0.717) is 0 Å². The predicted octanol–water partition coefficient (Wildman–Crippen LogP) is 3.64. The standard InChI is InChI=1S/C18H16N4O2/c1-23-12-5-3-11(4-6-12)15-10-17(22-21-15)18-19-14-8-7-13(24-2)9-16(14)20-18/h3-10H,1-2H3,(H,19,20)(H,21,22). The van der Waals surface area contributed by atoms with Crippen LogP contribution in [0.4, 0.5) is 0 Å². The van der Waals surface area contributed by atoms with Crippen LogP contribution in [0.25, 0.3) is 33.8 Å². The number of ether oxygens (including phenoxy) is 2. The first kappa shape index (κ1) is 14.3. The van der Waals surface area contributed by atoms with Crippen molar-refractivity contribution in [3.05, 3.63) is 48.5 Å². The van der Waals surface area contributed by atoms with E-state index < -0.39 is 0 Å². The summed E-state index contributed by atoms with van der Waals surface area (Å²) in [5.41, 5.74) is 4.49. The van der Waals surface area contributed by atoms with Crippen molar-refractivity contribution in [3.8, 4) is 34.3 Å². The highest BCUT2D eigenvalue weighted by molar-refractivity contribution is 5.80. The highest BCUT2D eigenvalue weighted by Crippen LogP contribution is 2.26. The molecule has 2 aromatic carbocycles. The molecule has 0 amide bonds. The monoisotopic (exact) mass is 320 g/mol. The Bertz CT molecular complexity index is 986. The van der Waals surface area contributed by atoms with Crippen LogP contribution in [0.1, 0.15) is 0 Å². The third kappa shape index (κ3) is 2.48. The van der Waals surface area contributed by atoms with Crippen molar-refractivity contribution in [2.24, 2.45) is 0 Å². The van der Waals surface area contributed by atoms with Crippen molar-refractivity contribution >= 4 is 11.0 Å². The number of benzene rings is 2. The molecule has 0 aliphatic rings. The number of nitrogens with zero attached hydrogens (tertiary/aromatic N) is 2. The summed E-state index contributed by atoms with van der Waals surface area (Å²) in [6, 6.07) is 15.5. The highest BCUT2D eigenvalue weighted by Gasteiger charge is 2.10. The van der Waals surface area contributed by atoms with Crippen molar-refractivity contribution < 1.29 is 9.47 Å². The zero-order chi connectivity index (χ0) is 16.5. The normalized spacial score (nSPS) is 10.9. The molecule has 0 aliphatic heterocycles. The molecular formula is C18H16N4O2. The smallest absolute Gasteiger partial charge is 0.156 e. The van der Waals surface area contributed by atoms with Gasteiger partial charge >= 0.3 is 0 Å². The number of nitrogens with one attached hydrogen (secondary N) is 2. The van der Waals surface area contributed by atoms with E-state index in [1.165, 1.54) is 0 Å². The molecule has 0 spiro atoms. The Balaban J connectivity index is 1.68. The van der Waals surface area contributed by atoms with Crippen molar-refractivity contribution in [2.75, 3.05) is 14.2 Å². The van der Waals surface area contributed by atoms with Gasteiger partial charge in [0.15, 0.2) is 5.82 Å². The van der Waals surface area contributed by atoms with Crippen LogP contribution >= 0.6 is 0 Å². The Morgan fingerprint density at radius 1 is 0.875 bits per heavy atom. The van der Waals surface area contributed by atoms with E-state index in [2.05, 4.69) is 20.2 Å². The maximum atomic E-state index is 5.24. The molecule has 24 heavy (non-hydrogen) atoms. The van der Waals surface area contributed by atoms with Crippen molar-refractivity contribution in [2.45, 2.75) is 0 Å². The SMILES string of the molecule is COc1ccc(-c2cc(-c3nc4ccc(OC)cc4[nH]3)[nH]n2)cc1. The lowest BCUT2D eigenvalue weighted by Gasteiger charge is -1.99. The first-order valence-electron chi connectivity index (χ1n) is 7.51. The molecule has 2 N–H and O–H groups in total. The van der Waals surface area contributed by atoms with Crippen LogP contribution in [-0.4, -0.2) is 34.4 Å². The number of H-pyrrole nitrogens is 2. The average Bonchev–Trinajstić information content (AvgIpc) is 3.27. The molecule has 0 atom stereocenters. The fourth-order valence-electron chi connectivity index (χ4n) is 2.60. The third-order valence-electron chi connectivity index (χ3n) is 3.91. The van der Waals surface area contributed by atoms with Crippen molar-refractivity contribution in [1.29, 1.82) is 0 Å². The summed E-state index contributed by atoms with van der Waals surface area (Å²) in [7, 11) is 3.30.